The number of oxime groups is 1. The van der Waals surface area contributed by atoms with Crippen LogP contribution in [0.3, 0.4) is 0 Å². The third-order valence-electron chi connectivity index (χ3n) is 3.84. The van der Waals surface area contributed by atoms with Gasteiger partial charge in [-0.05, 0) is 12.3 Å². The highest BCUT2D eigenvalue weighted by Gasteiger charge is 2.28. The van der Waals surface area contributed by atoms with E-state index in [9.17, 15) is 8.42 Å². The van der Waals surface area contributed by atoms with Gasteiger partial charge in [-0.1, -0.05) is 24.4 Å². The average Bonchev–Trinajstić information content (AvgIpc) is 2.27. The molecule has 1 saturated carbocycles. The van der Waals surface area contributed by atoms with E-state index in [4.69, 9.17) is 5.21 Å². The molecular formula is C11H20N2O3S. The van der Waals surface area contributed by atoms with E-state index in [1.54, 1.807) is 4.31 Å². The highest BCUT2D eigenvalue weighted by Crippen LogP contribution is 2.30. The third-order valence-corrected chi connectivity index (χ3v) is 5.75. The third kappa shape index (κ3) is 3.19. The van der Waals surface area contributed by atoms with Crippen LogP contribution >= 0.6 is 0 Å². The molecule has 2 fully saturated rings. The first kappa shape index (κ1) is 12.8. The predicted octanol–water partition coefficient (Wildman–Crippen LogP) is 1.43. The van der Waals surface area contributed by atoms with Crippen molar-refractivity contribution in [3.05, 3.63) is 0 Å². The molecular weight excluding hydrogens is 240 g/mol. The van der Waals surface area contributed by atoms with Crippen LogP contribution in [0.5, 0.6) is 0 Å². The molecule has 1 heterocycles. The van der Waals surface area contributed by atoms with Crippen molar-refractivity contribution in [1.82, 2.24) is 4.31 Å². The second-order valence-corrected chi connectivity index (χ2v) is 7.06. The average molecular weight is 260 g/mol. The van der Waals surface area contributed by atoms with Crippen LogP contribution in [-0.4, -0.2) is 42.5 Å². The lowest BCUT2D eigenvalue weighted by Gasteiger charge is -2.29. The van der Waals surface area contributed by atoms with Crippen molar-refractivity contribution in [3.63, 3.8) is 0 Å². The fourth-order valence-electron chi connectivity index (χ4n) is 2.35. The first-order valence-electron chi connectivity index (χ1n) is 6.29. The zero-order valence-corrected chi connectivity index (χ0v) is 10.8. The van der Waals surface area contributed by atoms with Crippen LogP contribution in [0.1, 0.15) is 38.5 Å². The minimum atomic E-state index is -3.09. The van der Waals surface area contributed by atoms with E-state index in [0.717, 1.165) is 6.42 Å². The summed E-state index contributed by atoms with van der Waals surface area (Å²) in [6, 6.07) is 0. The number of sulfonamides is 1. The SMILES string of the molecule is O=S(=O)(CCC1CCC1)N1CCC(=NO)CC1. The number of hydrogen-bond donors (Lipinski definition) is 1. The van der Waals surface area contributed by atoms with Crippen molar-refractivity contribution in [2.24, 2.45) is 11.1 Å². The first-order chi connectivity index (χ1) is 8.12. The minimum Gasteiger partial charge on any atom is -0.411 e. The van der Waals surface area contributed by atoms with Gasteiger partial charge in [0.05, 0.1) is 11.5 Å². The molecule has 0 radical (unpaired) electrons. The monoisotopic (exact) mass is 260 g/mol. The quantitative estimate of drug-likeness (QED) is 0.614. The molecule has 0 aromatic heterocycles. The summed E-state index contributed by atoms with van der Waals surface area (Å²) in [5.41, 5.74) is 0.704. The van der Waals surface area contributed by atoms with E-state index in [0.29, 0.717) is 37.6 Å². The lowest BCUT2D eigenvalue weighted by atomic mass is 9.84. The highest BCUT2D eigenvalue weighted by molar-refractivity contribution is 7.89. The maximum Gasteiger partial charge on any atom is 0.214 e. The molecule has 1 saturated heterocycles. The fourth-order valence-corrected chi connectivity index (χ4v) is 3.98. The van der Waals surface area contributed by atoms with Crippen molar-refractivity contribution in [3.8, 4) is 0 Å². The molecule has 98 valence electrons. The minimum absolute atomic E-state index is 0.281. The molecule has 17 heavy (non-hydrogen) atoms. The molecule has 1 aliphatic heterocycles. The summed E-state index contributed by atoms with van der Waals surface area (Å²) in [6.07, 6.45) is 5.55. The van der Waals surface area contributed by atoms with Gasteiger partial charge in [-0.3, -0.25) is 0 Å². The zero-order chi connectivity index (χ0) is 12.3. The van der Waals surface area contributed by atoms with Gasteiger partial charge in [0.2, 0.25) is 10.0 Å². The lowest BCUT2D eigenvalue weighted by Crippen LogP contribution is -2.40. The molecule has 0 spiro atoms. The van der Waals surface area contributed by atoms with E-state index in [1.807, 2.05) is 0 Å². The van der Waals surface area contributed by atoms with Crippen LogP contribution in [0, 0.1) is 5.92 Å². The van der Waals surface area contributed by atoms with Gasteiger partial charge in [0.25, 0.3) is 0 Å². The molecule has 2 rings (SSSR count). The second kappa shape index (κ2) is 5.35. The first-order valence-corrected chi connectivity index (χ1v) is 7.90. The summed E-state index contributed by atoms with van der Waals surface area (Å²) in [6.45, 7) is 0.929. The number of nitrogens with zero attached hydrogens (tertiary/aromatic N) is 2. The Bertz CT molecular complexity index is 378. The van der Waals surface area contributed by atoms with Crippen molar-refractivity contribution < 1.29 is 13.6 Å². The van der Waals surface area contributed by atoms with Gasteiger partial charge >= 0.3 is 0 Å². The largest absolute Gasteiger partial charge is 0.411 e. The van der Waals surface area contributed by atoms with Crippen LogP contribution in [-0.2, 0) is 10.0 Å². The van der Waals surface area contributed by atoms with Gasteiger partial charge in [0, 0.05) is 25.9 Å². The van der Waals surface area contributed by atoms with Gasteiger partial charge in [-0.2, -0.15) is 0 Å². The molecule has 0 unspecified atom stereocenters. The van der Waals surface area contributed by atoms with E-state index in [2.05, 4.69) is 5.16 Å². The Morgan fingerprint density at radius 3 is 2.41 bits per heavy atom. The summed E-state index contributed by atoms with van der Waals surface area (Å²) >= 11 is 0. The Morgan fingerprint density at radius 2 is 1.94 bits per heavy atom. The van der Waals surface area contributed by atoms with E-state index in [1.165, 1.54) is 19.3 Å². The van der Waals surface area contributed by atoms with E-state index in [-0.39, 0.29) is 5.75 Å². The van der Waals surface area contributed by atoms with E-state index < -0.39 is 10.0 Å². The Kier molecular flexibility index (Phi) is 4.04. The van der Waals surface area contributed by atoms with Gasteiger partial charge in [-0.15, -0.1) is 0 Å². The van der Waals surface area contributed by atoms with E-state index >= 15 is 0 Å². The Morgan fingerprint density at radius 1 is 1.29 bits per heavy atom. The van der Waals surface area contributed by atoms with Crippen LogP contribution < -0.4 is 0 Å². The molecule has 1 aliphatic carbocycles. The molecule has 5 nitrogen and oxygen atoms in total. The molecule has 2 aliphatic rings. The standard InChI is InChI=1S/C11H20N2O3S/c14-12-11-4-7-13(8-5-11)17(15,16)9-6-10-2-1-3-10/h10,14H,1-9H2. The van der Waals surface area contributed by atoms with Crippen LogP contribution in [0.4, 0.5) is 0 Å². The van der Waals surface area contributed by atoms with Crippen molar-refractivity contribution in [2.45, 2.75) is 38.5 Å². The predicted molar refractivity (Wildman–Crippen MR) is 65.8 cm³/mol. The highest BCUT2D eigenvalue weighted by atomic mass is 32.2. The summed E-state index contributed by atoms with van der Waals surface area (Å²) in [5.74, 6) is 0.910. The normalized spacial score (nSPS) is 23.4. The molecule has 0 aromatic rings. The number of rotatable bonds is 4. The second-order valence-electron chi connectivity index (χ2n) is 4.97. The smallest absolute Gasteiger partial charge is 0.214 e. The van der Waals surface area contributed by atoms with Crippen molar-refractivity contribution >= 4 is 15.7 Å². The Labute approximate surface area is 103 Å². The van der Waals surface area contributed by atoms with Crippen molar-refractivity contribution in [1.29, 1.82) is 0 Å². The number of hydrogen-bond acceptors (Lipinski definition) is 4. The zero-order valence-electron chi connectivity index (χ0n) is 10.0. The Hall–Kier alpha value is -0.620. The van der Waals surface area contributed by atoms with Crippen molar-refractivity contribution in [2.75, 3.05) is 18.8 Å². The fraction of sp³-hybridized carbons (Fsp3) is 0.909. The maximum absolute atomic E-state index is 12.0. The topological polar surface area (TPSA) is 70.0 Å². The summed E-state index contributed by atoms with van der Waals surface area (Å²) in [5, 5.41) is 11.8. The maximum atomic E-state index is 12.0. The van der Waals surface area contributed by atoms with Gasteiger partial charge < -0.3 is 5.21 Å². The van der Waals surface area contributed by atoms with Gasteiger partial charge in [0.1, 0.15) is 0 Å². The van der Waals surface area contributed by atoms with Crippen LogP contribution in [0.25, 0.3) is 0 Å². The van der Waals surface area contributed by atoms with Crippen LogP contribution in [0.15, 0.2) is 5.16 Å². The number of piperidine rings is 1. The summed E-state index contributed by atoms with van der Waals surface area (Å²) in [7, 11) is -3.09. The van der Waals surface area contributed by atoms with Crippen LogP contribution in [0.2, 0.25) is 0 Å². The molecule has 1 N–H and O–H groups in total. The van der Waals surface area contributed by atoms with Gasteiger partial charge in [0.15, 0.2) is 0 Å². The molecule has 0 bridgehead atoms. The molecule has 0 amide bonds. The molecule has 6 heteroatoms. The Balaban J connectivity index is 1.83. The van der Waals surface area contributed by atoms with Gasteiger partial charge in [-0.25, -0.2) is 12.7 Å². The molecule has 0 atom stereocenters. The summed E-state index contributed by atoms with van der Waals surface area (Å²) in [4.78, 5) is 0. The lowest BCUT2D eigenvalue weighted by molar-refractivity contribution is 0.302. The molecule has 0 aromatic carbocycles. The summed E-state index contributed by atoms with van der Waals surface area (Å²) < 4.78 is 25.6.